The number of thioether (sulfide) groups is 1. The molecule has 6 nitrogen and oxygen atoms in total. The second-order valence-electron chi connectivity index (χ2n) is 8.08. The maximum Gasteiger partial charge on any atom is 0.246 e. The minimum absolute atomic E-state index is 0.0235. The van der Waals surface area contributed by atoms with Crippen LogP contribution in [0.1, 0.15) is 30.5 Å². The van der Waals surface area contributed by atoms with E-state index in [1.54, 1.807) is 0 Å². The lowest BCUT2D eigenvalue weighted by atomic mass is 9.96. The van der Waals surface area contributed by atoms with Crippen LogP contribution in [-0.2, 0) is 9.59 Å². The number of anilines is 1. The molecule has 2 amide bonds. The summed E-state index contributed by atoms with van der Waals surface area (Å²) < 4.78 is 0. The number of likely N-dealkylation sites (N-methyl/N-ethyl adjacent to an activating group) is 1. The summed E-state index contributed by atoms with van der Waals surface area (Å²) in [5.74, 6) is 0.0235. The Kier molecular flexibility index (Phi) is 7.49. The molecule has 7 heteroatoms. The highest BCUT2D eigenvalue weighted by molar-refractivity contribution is 7.99. The van der Waals surface area contributed by atoms with Crippen molar-refractivity contribution in [3.8, 4) is 0 Å². The first-order valence-electron chi connectivity index (χ1n) is 10.6. The standard InChI is InChI=1S/C23H29N3OS.CH3NO/c1-5-22(27)26-13-17(14-26)25(3)21-11-6-15(2)23-19(21)12-20(24-23)16-7-9-18(28-4)10-8-16;2-1-3/h5-7,11-12,17-18,24H,1,8-10,13-14H2,2-4H3;1H,(H2,2,3). The number of likely N-dealkylation sites (tertiary alicyclic amines) is 1. The number of aryl methyl sites for hydroxylation is 1. The van der Waals surface area contributed by atoms with Gasteiger partial charge in [-0.2, -0.15) is 11.8 Å². The van der Waals surface area contributed by atoms with Gasteiger partial charge in [0, 0.05) is 42.2 Å². The fourth-order valence-electron chi connectivity index (χ4n) is 4.30. The van der Waals surface area contributed by atoms with Crippen molar-refractivity contribution in [2.45, 2.75) is 37.5 Å². The van der Waals surface area contributed by atoms with E-state index in [1.807, 2.05) is 16.7 Å². The fourth-order valence-corrected chi connectivity index (χ4v) is 4.94. The number of fused-ring (bicyclic) bond motifs is 1. The van der Waals surface area contributed by atoms with Gasteiger partial charge in [-0.25, -0.2) is 0 Å². The molecule has 1 aliphatic heterocycles. The Morgan fingerprint density at radius 2 is 2.10 bits per heavy atom. The van der Waals surface area contributed by atoms with Crippen molar-refractivity contribution >= 4 is 46.2 Å². The maximum absolute atomic E-state index is 11.8. The predicted molar refractivity (Wildman–Crippen MR) is 131 cm³/mol. The zero-order valence-corrected chi connectivity index (χ0v) is 19.4. The molecular weight excluding hydrogens is 408 g/mol. The number of allylic oxidation sites excluding steroid dienone is 2. The summed E-state index contributed by atoms with van der Waals surface area (Å²) >= 11 is 1.98. The van der Waals surface area contributed by atoms with E-state index in [1.165, 1.54) is 45.9 Å². The molecule has 1 unspecified atom stereocenters. The second-order valence-corrected chi connectivity index (χ2v) is 9.22. The van der Waals surface area contributed by atoms with Crippen molar-refractivity contribution in [3.63, 3.8) is 0 Å². The largest absolute Gasteiger partial charge is 0.372 e. The number of rotatable bonds is 5. The van der Waals surface area contributed by atoms with E-state index in [4.69, 9.17) is 4.79 Å². The Balaban J connectivity index is 0.000000858. The first kappa shape index (κ1) is 23.0. The minimum atomic E-state index is 0.0235. The van der Waals surface area contributed by atoms with E-state index in [-0.39, 0.29) is 12.3 Å². The predicted octanol–water partition coefficient (Wildman–Crippen LogP) is 3.71. The molecule has 0 radical (unpaired) electrons. The van der Waals surface area contributed by atoms with E-state index in [9.17, 15) is 4.79 Å². The second kappa shape index (κ2) is 10.1. The monoisotopic (exact) mass is 440 g/mol. The van der Waals surface area contributed by atoms with Gasteiger partial charge in [0.05, 0.1) is 11.6 Å². The van der Waals surface area contributed by atoms with Crippen LogP contribution in [0.25, 0.3) is 16.5 Å². The molecule has 3 N–H and O–H groups in total. The normalized spacial score (nSPS) is 18.5. The molecule has 1 aromatic heterocycles. The quantitative estimate of drug-likeness (QED) is 0.548. The highest BCUT2D eigenvalue weighted by atomic mass is 32.2. The van der Waals surface area contributed by atoms with Crippen molar-refractivity contribution in [3.05, 3.63) is 48.2 Å². The molecule has 2 aromatic rings. The van der Waals surface area contributed by atoms with Gasteiger partial charge in [0.1, 0.15) is 0 Å². The third-order valence-corrected chi connectivity index (χ3v) is 7.39. The van der Waals surface area contributed by atoms with Crippen LogP contribution in [-0.4, -0.2) is 59.9 Å². The molecule has 0 spiro atoms. The molecule has 1 saturated heterocycles. The van der Waals surface area contributed by atoms with Crippen LogP contribution in [0.15, 0.2) is 36.9 Å². The van der Waals surface area contributed by atoms with Crippen LogP contribution in [0, 0.1) is 6.92 Å². The minimum Gasteiger partial charge on any atom is -0.372 e. The summed E-state index contributed by atoms with van der Waals surface area (Å²) in [4.78, 5) is 28.2. The molecule has 1 aromatic carbocycles. The van der Waals surface area contributed by atoms with Crippen molar-refractivity contribution < 1.29 is 9.59 Å². The van der Waals surface area contributed by atoms with Crippen molar-refractivity contribution in [1.82, 2.24) is 9.88 Å². The Morgan fingerprint density at radius 3 is 2.68 bits per heavy atom. The van der Waals surface area contributed by atoms with Gasteiger partial charge in [-0.15, -0.1) is 0 Å². The Bertz CT molecular complexity index is 991. The SMILES string of the molecule is C=CC(=O)N1CC(N(C)c2ccc(C)c3[nH]c(C4=CCC(SC)CC4)cc23)C1.NC=O. The Hall–Kier alpha value is -2.67. The first-order chi connectivity index (χ1) is 14.9. The number of nitrogens with two attached hydrogens (primary N) is 1. The Morgan fingerprint density at radius 1 is 1.39 bits per heavy atom. The molecular formula is C24H32N4O2S. The maximum atomic E-state index is 11.8. The molecule has 0 saturated carbocycles. The molecule has 166 valence electrons. The lowest BCUT2D eigenvalue weighted by molar-refractivity contribution is -0.130. The number of carbonyl (C=O) groups excluding carboxylic acids is 2. The number of benzene rings is 1. The summed E-state index contributed by atoms with van der Waals surface area (Å²) in [5.41, 5.74) is 10.6. The molecule has 2 aliphatic rings. The molecule has 2 heterocycles. The van der Waals surface area contributed by atoms with Gasteiger partial charge >= 0.3 is 0 Å². The number of nitrogens with zero attached hydrogens (tertiary/aromatic N) is 2. The van der Waals surface area contributed by atoms with E-state index < -0.39 is 0 Å². The zero-order valence-electron chi connectivity index (χ0n) is 18.6. The number of hydrogen-bond donors (Lipinski definition) is 2. The number of carbonyl (C=O) groups is 2. The first-order valence-corrected chi connectivity index (χ1v) is 11.9. The van der Waals surface area contributed by atoms with Gasteiger partial charge in [-0.05, 0) is 61.8 Å². The number of amides is 2. The summed E-state index contributed by atoms with van der Waals surface area (Å²) in [5, 5.41) is 2.04. The molecule has 31 heavy (non-hydrogen) atoms. The van der Waals surface area contributed by atoms with Crippen LogP contribution in [0.5, 0.6) is 0 Å². The molecule has 4 rings (SSSR count). The third kappa shape index (κ3) is 4.82. The third-order valence-electron chi connectivity index (χ3n) is 6.30. The molecule has 0 bridgehead atoms. The van der Waals surface area contributed by atoms with Gasteiger partial charge < -0.3 is 20.5 Å². The van der Waals surface area contributed by atoms with Crippen molar-refractivity contribution in [2.75, 3.05) is 31.3 Å². The van der Waals surface area contributed by atoms with Crippen LogP contribution < -0.4 is 10.6 Å². The van der Waals surface area contributed by atoms with Crippen molar-refractivity contribution in [2.24, 2.45) is 5.73 Å². The summed E-state index contributed by atoms with van der Waals surface area (Å²) in [6, 6.07) is 7.08. The molecule has 1 atom stereocenters. The summed E-state index contributed by atoms with van der Waals surface area (Å²) in [7, 11) is 2.14. The van der Waals surface area contributed by atoms with Gasteiger partial charge in [-0.3, -0.25) is 9.59 Å². The van der Waals surface area contributed by atoms with Crippen LogP contribution >= 0.6 is 11.8 Å². The van der Waals surface area contributed by atoms with E-state index >= 15 is 0 Å². The van der Waals surface area contributed by atoms with Gasteiger partial charge in [0.15, 0.2) is 0 Å². The van der Waals surface area contributed by atoms with E-state index in [0.717, 1.165) is 31.2 Å². The number of hydrogen-bond acceptors (Lipinski definition) is 4. The smallest absolute Gasteiger partial charge is 0.246 e. The number of primary amides is 1. The lowest BCUT2D eigenvalue weighted by Crippen LogP contribution is -2.60. The average molecular weight is 441 g/mol. The topological polar surface area (TPSA) is 82.4 Å². The summed E-state index contributed by atoms with van der Waals surface area (Å²) in [6.07, 6.45) is 9.83. The average Bonchev–Trinajstić information content (AvgIpc) is 3.19. The number of aromatic amines is 1. The van der Waals surface area contributed by atoms with E-state index in [2.05, 4.69) is 66.7 Å². The summed E-state index contributed by atoms with van der Waals surface area (Å²) in [6.45, 7) is 7.27. The van der Waals surface area contributed by atoms with E-state index in [0.29, 0.717) is 6.04 Å². The van der Waals surface area contributed by atoms with Gasteiger partial charge in [-0.1, -0.05) is 18.7 Å². The molecule has 1 aliphatic carbocycles. The lowest BCUT2D eigenvalue weighted by Gasteiger charge is -2.44. The number of nitrogens with one attached hydrogen (secondary N) is 1. The van der Waals surface area contributed by atoms with Crippen LogP contribution in [0.3, 0.4) is 0 Å². The molecule has 1 fully saturated rings. The number of H-pyrrole nitrogens is 1. The zero-order chi connectivity index (χ0) is 22.5. The number of aromatic nitrogens is 1. The fraction of sp³-hybridized carbons (Fsp3) is 0.417. The highest BCUT2D eigenvalue weighted by Gasteiger charge is 2.33. The van der Waals surface area contributed by atoms with Gasteiger partial charge in [0.25, 0.3) is 0 Å². The van der Waals surface area contributed by atoms with Crippen LogP contribution in [0.4, 0.5) is 5.69 Å². The van der Waals surface area contributed by atoms with Crippen molar-refractivity contribution in [1.29, 1.82) is 0 Å². The Labute approximate surface area is 188 Å². The van der Waals surface area contributed by atoms with Crippen LogP contribution in [0.2, 0.25) is 0 Å². The highest BCUT2D eigenvalue weighted by Crippen LogP contribution is 2.37. The van der Waals surface area contributed by atoms with Gasteiger partial charge in [0.2, 0.25) is 12.3 Å².